The number of benzene rings is 1. The van der Waals surface area contributed by atoms with Crippen LogP contribution in [0.4, 0.5) is 0 Å². The van der Waals surface area contributed by atoms with E-state index in [0.29, 0.717) is 11.3 Å². The number of nitrogens with zero attached hydrogens (tertiary/aromatic N) is 1. The van der Waals surface area contributed by atoms with Crippen LogP contribution >= 0.6 is 0 Å². The number of nitrogens with one attached hydrogen (secondary N) is 1. The van der Waals surface area contributed by atoms with Crippen LogP contribution in [0.15, 0.2) is 18.2 Å². The summed E-state index contributed by atoms with van der Waals surface area (Å²) in [4.78, 5) is 8.19. The van der Waals surface area contributed by atoms with Gasteiger partial charge in [0.2, 0.25) is 0 Å². The number of hydrogen-bond donors (Lipinski definition) is 2. The molecule has 0 aliphatic heterocycles. The van der Waals surface area contributed by atoms with E-state index in [1.165, 1.54) is 5.56 Å². The lowest BCUT2D eigenvalue weighted by Crippen LogP contribution is -2.24. The topological polar surface area (TPSA) is 54.7 Å². The van der Waals surface area contributed by atoms with E-state index in [1.807, 2.05) is 0 Å². The van der Waals surface area contributed by atoms with E-state index in [-0.39, 0.29) is 0 Å². The molecule has 1 aromatic heterocycles. The second-order valence-corrected chi connectivity index (χ2v) is 7.07. The van der Waals surface area contributed by atoms with Gasteiger partial charge in [-0.15, -0.1) is 0 Å². The van der Waals surface area contributed by atoms with Crippen LogP contribution in [0.25, 0.3) is 11.0 Å². The summed E-state index contributed by atoms with van der Waals surface area (Å²) in [5, 5.41) is 0. The third-order valence-corrected chi connectivity index (χ3v) is 4.47. The van der Waals surface area contributed by atoms with Crippen molar-refractivity contribution in [2.45, 2.75) is 53.4 Å². The number of hydrogen-bond acceptors (Lipinski definition) is 2. The fourth-order valence-electron chi connectivity index (χ4n) is 2.97. The van der Waals surface area contributed by atoms with E-state index in [1.54, 1.807) is 0 Å². The second kappa shape index (κ2) is 6.61. The fourth-order valence-corrected chi connectivity index (χ4v) is 2.97. The molecule has 2 rings (SSSR count). The summed E-state index contributed by atoms with van der Waals surface area (Å²) in [6.07, 6.45) is 4.29. The Morgan fingerprint density at radius 3 is 2.62 bits per heavy atom. The lowest BCUT2D eigenvalue weighted by atomic mass is 9.76. The first kappa shape index (κ1) is 16.0. The predicted octanol–water partition coefficient (Wildman–Crippen LogP) is 4.07. The molecule has 1 heterocycles. The summed E-state index contributed by atoms with van der Waals surface area (Å²) in [6.45, 7) is 9.86. The number of fused-ring (bicyclic) bond motifs is 1. The molecule has 1 atom stereocenters. The van der Waals surface area contributed by atoms with E-state index in [2.05, 4.69) is 50.9 Å². The van der Waals surface area contributed by atoms with Crippen LogP contribution in [-0.4, -0.2) is 16.5 Å². The zero-order valence-electron chi connectivity index (χ0n) is 13.9. The highest BCUT2D eigenvalue weighted by Crippen LogP contribution is 2.32. The number of rotatable bonds is 6. The highest BCUT2D eigenvalue weighted by atomic mass is 14.9. The van der Waals surface area contributed by atoms with Crippen LogP contribution < -0.4 is 5.73 Å². The van der Waals surface area contributed by atoms with Gasteiger partial charge < -0.3 is 10.7 Å². The van der Waals surface area contributed by atoms with Gasteiger partial charge in [-0.3, -0.25) is 0 Å². The second-order valence-electron chi connectivity index (χ2n) is 7.07. The maximum atomic E-state index is 5.76. The molecule has 1 unspecified atom stereocenters. The van der Waals surface area contributed by atoms with E-state index in [4.69, 9.17) is 10.7 Å². The molecule has 0 saturated heterocycles. The Kier molecular flexibility index (Phi) is 5.04. The summed E-state index contributed by atoms with van der Waals surface area (Å²) in [7, 11) is 0. The first-order valence-electron chi connectivity index (χ1n) is 8.11. The van der Waals surface area contributed by atoms with Gasteiger partial charge in [0.05, 0.1) is 11.0 Å². The zero-order valence-corrected chi connectivity index (χ0v) is 13.9. The van der Waals surface area contributed by atoms with Crippen molar-refractivity contribution in [1.82, 2.24) is 9.97 Å². The molecule has 0 aliphatic carbocycles. The molecule has 0 aliphatic rings. The molecule has 1 aromatic carbocycles. The highest BCUT2D eigenvalue weighted by Gasteiger charge is 2.23. The van der Waals surface area contributed by atoms with Crippen molar-refractivity contribution < 1.29 is 0 Å². The number of H-pyrrole nitrogens is 1. The first-order chi connectivity index (χ1) is 9.94. The summed E-state index contributed by atoms with van der Waals surface area (Å²) in [5.74, 6) is 1.74. The summed E-state index contributed by atoms with van der Waals surface area (Å²) in [5.41, 5.74) is 9.67. The average Bonchev–Trinajstić information content (AvgIpc) is 2.83. The molecule has 0 saturated carbocycles. The maximum absolute atomic E-state index is 5.76. The monoisotopic (exact) mass is 287 g/mol. The minimum absolute atomic E-state index is 0.306. The van der Waals surface area contributed by atoms with Gasteiger partial charge >= 0.3 is 0 Å². The minimum Gasteiger partial charge on any atom is -0.342 e. The lowest BCUT2D eigenvalue weighted by Gasteiger charge is -2.30. The van der Waals surface area contributed by atoms with Crippen molar-refractivity contribution in [3.63, 3.8) is 0 Å². The van der Waals surface area contributed by atoms with Gasteiger partial charge in [0.1, 0.15) is 5.82 Å². The Morgan fingerprint density at radius 2 is 2.00 bits per heavy atom. The molecule has 2 aromatic rings. The van der Waals surface area contributed by atoms with Gasteiger partial charge in [-0.05, 0) is 54.8 Å². The Morgan fingerprint density at radius 1 is 1.24 bits per heavy atom. The van der Waals surface area contributed by atoms with Crippen molar-refractivity contribution in [3.8, 4) is 0 Å². The molecule has 3 N–H and O–H groups in total. The molecule has 0 amide bonds. The van der Waals surface area contributed by atoms with Crippen LogP contribution in [0.2, 0.25) is 0 Å². The molecule has 0 bridgehead atoms. The third-order valence-electron chi connectivity index (χ3n) is 4.47. The normalized spacial score (nSPS) is 13.8. The number of nitrogens with two attached hydrogens (primary N) is 1. The molecule has 0 spiro atoms. The molecule has 3 heteroatoms. The van der Waals surface area contributed by atoms with E-state index in [0.717, 1.165) is 49.1 Å². The maximum Gasteiger partial charge on any atom is 0.107 e. The van der Waals surface area contributed by atoms with Crippen LogP contribution in [0.1, 0.15) is 51.9 Å². The van der Waals surface area contributed by atoms with E-state index < -0.39 is 0 Å². The fraction of sp³-hybridized carbons (Fsp3) is 0.611. The Balaban J connectivity index is 2.08. The molecule has 3 nitrogen and oxygen atoms in total. The number of imidazole rings is 1. The summed E-state index contributed by atoms with van der Waals surface area (Å²) < 4.78 is 0. The third kappa shape index (κ3) is 4.07. The zero-order chi connectivity index (χ0) is 15.5. The van der Waals surface area contributed by atoms with Gasteiger partial charge in [-0.2, -0.15) is 0 Å². The minimum atomic E-state index is 0.306. The quantitative estimate of drug-likeness (QED) is 0.841. The van der Waals surface area contributed by atoms with Crippen LogP contribution in [-0.2, 0) is 12.8 Å². The van der Waals surface area contributed by atoms with Crippen molar-refractivity contribution >= 4 is 11.0 Å². The SMILES string of the molecule is CCc1ccc2nc(CCC(CCN)C(C)(C)C)[nH]c2c1. The molecular formula is C18H29N3. The van der Waals surface area contributed by atoms with E-state index in [9.17, 15) is 0 Å². The number of aromatic amines is 1. The largest absolute Gasteiger partial charge is 0.342 e. The van der Waals surface area contributed by atoms with Crippen LogP contribution in [0.5, 0.6) is 0 Å². The van der Waals surface area contributed by atoms with E-state index >= 15 is 0 Å². The standard InChI is InChI=1S/C18H29N3/c1-5-13-6-8-15-16(12-13)21-17(20-15)9-7-14(10-11-19)18(2,3)4/h6,8,12,14H,5,7,9-11,19H2,1-4H3,(H,20,21). The Bertz CT molecular complexity index is 578. The van der Waals surface area contributed by atoms with Gasteiger partial charge in [0, 0.05) is 6.42 Å². The molecule has 21 heavy (non-hydrogen) atoms. The van der Waals surface area contributed by atoms with Gasteiger partial charge in [-0.1, -0.05) is 33.8 Å². The molecule has 0 fully saturated rings. The van der Waals surface area contributed by atoms with Crippen molar-refractivity contribution in [3.05, 3.63) is 29.6 Å². The van der Waals surface area contributed by atoms with Crippen LogP contribution in [0.3, 0.4) is 0 Å². The van der Waals surface area contributed by atoms with Crippen molar-refractivity contribution in [2.24, 2.45) is 17.1 Å². The molecular weight excluding hydrogens is 258 g/mol. The van der Waals surface area contributed by atoms with Crippen molar-refractivity contribution in [1.29, 1.82) is 0 Å². The Labute approximate surface area is 128 Å². The smallest absolute Gasteiger partial charge is 0.107 e. The highest BCUT2D eigenvalue weighted by molar-refractivity contribution is 5.75. The van der Waals surface area contributed by atoms with Gasteiger partial charge in [0.15, 0.2) is 0 Å². The average molecular weight is 287 g/mol. The van der Waals surface area contributed by atoms with Crippen molar-refractivity contribution in [2.75, 3.05) is 6.54 Å². The van der Waals surface area contributed by atoms with Gasteiger partial charge in [-0.25, -0.2) is 4.98 Å². The number of aromatic nitrogens is 2. The molecule has 116 valence electrons. The first-order valence-corrected chi connectivity index (χ1v) is 8.11. The van der Waals surface area contributed by atoms with Gasteiger partial charge in [0.25, 0.3) is 0 Å². The van der Waals surface area contributed by atoms with Crippen LogP contribution in [0, 0.1) is 11.3 Å². The summed E-state index contributed by atoms with van der Waals surface area (Å²) >= 11 is 0. The number of aryl methyl sites for hydroxylation is 2. The Hall–Kier alpha value is -1.35. The lowest BCUT2D eigenvalue weighted by molar-refractivity contribution is 0.214. The predicted molar refractivity (Wildman–Crippen MR) is 90.4 cm³/mol. The molecule has 0 radical (unpaired) electrons. The summed E-state index contributed by atoms with van der Waals surface area (Å²) in [6, 6.07) is 6.50.